The van der Waals surface area contributed by atoms with E-state index < -0.39 is 6.43 Å². The zero-order chi connectivity index (χ0) is 15.4. The van der Waals surface area contributed by atoms with Gasteiger partial charge in [0.05, 0.1) is 0 Å². The van der Waals surface area contributed by atoms with Gasteiger partial charge in [0, 0.05) is 30.0 Å². The molecule has 21 heavy (non-hydrogen) atoms. The molecular formula is C17H20F2N2. The van der Waals surface area contributed by atoms with Crippen molar-refractivity contribution < 1.29 is 8.78 Å². The van der Waals surface area contributed by atoms with Crippen LogP contribution in [0.1, 0.15) is 30.0 Å². The van der Waals surface area contributed by atoms with Crippen molar-refractivity contribution in [1.82, 2.24) is 0 Å². The highest BCUT2D eigenvalue weighted by Crippen LogP contribution is 2.32. The minimum absolute atomic E-state index is 0.00886. The Morgan fingerprint density at radius 3 is 2.48 bits per heavy atom. The summed E-state index contributed by atoms with van der Waals surface area (Å²) in [6.45, 7) is 5.24. The first kappa shape index (κ1) is 15.3. The van der Waals surface area contributed by atoms with Crippen LogP contribution in [0.3, 0.4) is 0 Å². The summed E-state index contributed by atoms with van der Waals surface area (Å²) in [6, 6.07) is 12.7. The molecule has 112 valence electrons. The van der Waals surface area contributed by atoms with Crippen LogP contribution in [0.5, 0.6) is 0 Å². The predicted octanol–water partition coefficient (Wildman–Crippen LogP) is 4.54. The highest BCUT2D eigenvalue weighted by molar-refractivity contribution is 5.60. The summed E-state index contributed by atoms with van der Waals surface area (Å²) in [5, 5.41) is 0. The van der Waals surface area contributed by atoms with E-state index in [1.807, 2.05) is 43.0 Å². The van der Waals surface area contributed by atoms with Crippen LogP contribution in [-0.4, -0.2) is 6.54 Å². The molecule has 2 nitrogen and oxygen atoms in total. The van der Waals surface area contributed by atoms with Gasteiger partial charge < -0.3 is 10.6 Å². The van der Waals surface area contributed by atoms with Crippen molar-refractivity contribution in [3.63, 3.8) is 0 Å². The maximum absolute atomic E-state index is 13.2. The maximum atomic E-state index is 13.2. The van der Waals surface area contributed by atoms with Crippen molar-refractivity contribution in [2.75, 3.05) is 17.2 Å². The lowest BCUT2D eigenvalue weighted by molar-refractivity contribution is 0.152. The summed E-state index contributed by atoms with van der Waals surface area (Å²) in [7, 11) is 0. The number of anilines is 2. The first-order chi connectivity index (χ1) is 10.0. The number of hydrogen-bond donors (Lipinski definition) is 1. The Labute approximate surface area is 124 Å². The smallest absolute Gasteiger partial charge is 0.265 e. The molecule has 0 radical (unpaired) electrons. The van der Waals surface area contributed by atoms with Crippen LogP contribution < -0.4 is 10.6 Å². The average molecular weight is 290 g/mol. The van der Waals surface area contributed by atoms with E-state index in [1.54, 1.807) is 12.1 Å². The Morgan fingerprint density at radius 2 is 1.86 bits per heavy atom. The minimum atomic E-state index is -2.53. The van der Waals surface area contributed by atoms with Crippen LogP contribution in [0.4, 0.5) is 20.2 Å². The molecule has 0 unspecified atom stereocenters. The third-order valence-corrected chi connectivity index (χ3v) is 3.63. The van der Waals surface area contributed by atoms with Gasteiger partial charge in [0.2, 0.25) is 0 Å². The van der Waals surface area contributed by atoms with Gasteiger partial charge in [-0.1, -0.05) is 24.3 Å². The van der Waals surface area contributed by atoms with Gasteiger partial charge >= 0.3 is 0 Å². The van der Waals surface area contributed by atoms with E-state index in [-0.39, 0.29) is 5.56 Å². The topological polar surface area (TPSA) is 29.3 Å². The minimum Gasteiger partial charge on any atom is -0.399 e. The molecule has 0 heterocycles. The van der Waals surface area contributed by atoms with Crippen LogP contribution in [0.15, 0.2) is 42.5 Å². The van der Waals surface area contributed by atoms with Crippen LogP contribution in [0.25, 0.3) is 0 Å². The summed E-state index contributed by atoms with van der Waals surface area (Å²) >= 11 is 0. The Balaban J connectivity index is 2.36. The van der Waals surface area contributed by atoms with Crippen molar-refractivity contribution in [1.29, 1.82) is 0 Å². The molecule has 0 saturated carbocycles. The molecule has 0 spiro atoms. The largest absolute Gasteiger partial charge is 0.399 e. The lowest BCUT2D eigenvalue weighted by Gasteiger charge is -2.26. The number of halogens is 2. The fourth-order valence-corrected chi connectivity index (χ4v) is 2.40. The molecule has 0 fully saturated rings. The fraction of sp³-hybridized carbons (Fsp3) is 0.294. The van der Waals surface area contributed by atoms with Gasteiger partial charge in [-0.25, -0.2) is 8.78 Å². The molecule has 4 heteroatoms. The van der Waals surface area contributed by atoms with Gasteiger partial charge in [0.25, 0.3) is 6.43 Å². The molecule has 0 atom stereocenters. The number of nitrogens with zero attached hydrogens (tertiary/aromatic N) is 1. The molecule has 0 saturated heterocycles. The second kappa shape index (κ2) is 6.57. The zero-order valence-electron chi connectivity index (χ0n) is 12.3. The fourth-order valence-electron chi connectivity index (χ4n) is 2.40. The molecule has 0 amide bonds. The number of benzene rings is 2. The highest BCUT2D eigenvalue weighted by atomic mass is 19.3. The molecule has 0 aliphatic heterocycles. The number of rotatable bonds is 5. The Bertz CT molecular complexity index is 611. The first-order valence-corrected chi connectivity index (χ1v) is 7.00. The number of hydrogen-bond acceptors (Lipinski definition) is 2. The van der Waals surface area contributed by atoms with E-state index in [0.29, 0.717) is 24.5 Å². The van der Waals surface area contributed by atoms with Gasteiger partial charge in [-0.3, -0.25) is 0 Å². The zero-order valence-corrected chi connectivity index (χ0v) is 12.3. The maximum Gasteiger partial charge on any atom is 0.265 e. The van der Waals surface area contributed by atoms with E-state index in [2.05, 4.69) is 0 Å². The van der Waals surface area contributed by atoms with Crippen LogP contribution in [-0.2, 0) is 6.54 Å². The Kier molecular flexibility index (Phi) is 4.78. The molecule has 2 aromatic carbocycles. The summed E-state index contributed by atoms with van der Waals surface area (Å²) < 4.78 is 26.5. The molecule has 0 aromatic heterocycles. The summed E-state index contributed by atoms with van der Waals surface area (Å²) in [4.78, 5) is 1.95. The van der Waals surface area contributed by atoms with Crippen LogP contribution in [0.2, 0.25) is 0 Å². The Hall–Kier alpha value is -2.10. The van der Waals surface area contributed by atoms with Crippen LogP contribution >= 0.6 is 0 Å². The van der Waals surface area contributed by atoms with E-state index in [1.165, 1.54) is 6.07 Å². The van der Waals surface area contributed by atoms with Gasteiger partial charge in [0.1, 0.15) is 0 Å². The summed E-state index contributed by atoms with van der Waals surface area (Å²) in [5.74, 6) is 0. The van der Waals surface area contributed by atoms with E-state index >= 15 is 0 Å². The van der Waals surface area contributed by atoms with Crippen LogP contribution in [0, 0.1) is 6.92 Å². The quantitative estimate of drug-likeness (QED) is 0.819. The monoisotopic (exact) mass is 290 g/mol. The van der Waals surface area contributed by atoms with Crippen molar-refractivity contribution in [2.45, 2.75) is 26.8 Å². The molecule has 2 aromatic rings. The first-order valence-electron chi connectivity index (χ1n) is 7.00. The van der Waals surface area contributed by atoms with Gasteiger partial charge in [-0.15, -0.1) is 0 Å². The van der Waals surface area contributed by atoms with Gasteiger partial charge in [0.15, 0.2) is 0 Å². The van der Waals surface area contributed by atoms with Crippen molar-refractivity contribution in [3.8, 4) is 0 Å². The van der Waals surface area contributed by atoms with Gasteiger partial charge in [-0.05, 0) is 43.2 Å². The second-order valence-electron chi connectivity index (χ2n) is 5.06. The van der Waals surface area contributed by atoms with Crippen molar-refractivity contribution in [3.05, 3.63) is 59.2 Å². The summed E-state index contributed by atoms with van der Waals surface area (Å²) in [5.41, 5.74) is 8.82. The molecule has 0 bridgehead atoms. The number of nitrogens with two attached hydrogens (primary N) is 1. The Morgan fingerprint density at radius 1 is 1.14 bits per heavy atom. The number of alkyl halides is 2. The second-order valence-corrected chi connectivity index (χ2v) is 5.06. The SMILES string of the molecule is CCN(Cc1ccccc1C)c1ccc(N)cc1C(F)F. The molecule has 0 aliphatic carbocycles. The number of aryl methyl sites for hydroxylation is 1. The molecule has 0 aliphatic rings. The van der Waals surface area contributed by atoms with E-state index in [9.17, 15) is 8.78 Å². The third-order valence-electron chi connectivity index (χ3n) is 3.63. The molecular weight excluding hydrogens is 270 g/mol. The average Bonchev–Trinajstić information content (AvgIpc) is 2.46. The predicted molar refractivity (Wildman–Crippen MR) is 83.7 cm³/mol. The highest BCUT2D eigenvalue weighted by Gasteiger charge is 2.18. The van der Waals surface area contributed by atoms with E-state index in [0.717, 1.165) is 11.1 Å². The lowest BCUT2D eigenvalue weighted by atomic mass is 10.1. The van der Waals surface area contributed by atoms with Gasteiger partial charge in [-0.2, -0.15) is 0 Å². The standard InChI is InChI=1S/C17H20F2N2/c1-3-21(11-13-7-5-4-6-12(13)2)16-9-8-14(20)10-15(16)17(18)19/h4-10,17H,3,11,20H2,1-2H3. The van der Waals surface area contributed by atoms with Crippen molar-refractivity contribution >= 4 is 11.4 Å². The normalized spacial score (nSPS) is 10.9. The molecule has 2 rings (SSSR count). The van der Waals surface area contributed by atoms with E-state index in [4.69, 9.17) is 5.73 Å². The number of nitrogen functional groups attached to an aromatic ring is 1. The lowest BCUT2D eigenvalue weighted by Crippen LogP contribution is -2.24. The summed E-state index contributed by atoms with van der Waals surface area (Å²) in [6.07, 6.45) is -2.53. The molecule has 2 N–H and O–H groups in total. The third kappa shape index (κ3) is 3.51. The van der Waals surface area contributed by atoms with Crippen molar-refractivity contribution in [2.24, 2.45) is 0 Å².